The van der Waals surface area contributed by atoms with E-state index in [1.807, 2.05) is 0 Å². The number of urea groups is 1. The molecule has 1 heterocycles. The Bertz CT molecular complexity index is 644. The number of hydrogen-bond donors (Lipinski definition) is 2. The van der Waals surface area contributed by atoms with Gasteiger partial charge >= 0.3 is 12.2 Å². The van der Waals surface area contributed by atoms with Gasteiger partial charge in [-0.2, -0.15) is 13.2 Å². The zero-order valence-corrected chi connectivity index (χ0v) is 12.9. The van der Waals surface area contributed by atoms with Gasteiger partial charge in [0.25, 0.3) is 0 Å². The topological polar surface area (TPSA) is 61.4 Å². The molecule has 1 aromatic carbocycles. The molecule has 1 aromatic rings. The number of carbonyl (C=O) groups excluding carboxylic acids is 2. The predicted molar refractivity (Wildman–Crippen MR) is 80.0 cm³/mol. The fraction of sp³-hybridized carbons (Fsp3) is 0.500. The van der Waals surface area contributed by atoms with Gasteiger partial charge in [-0.25, -0.2) is 4.79 Å². The lowest BCUT2D eigenvalue weighted by Crippen LogP contribution is -2.53. The SMILES string of the molecule is O=C1CN(C(=O)N[C@H](c2cccc(C(F)(F)F)c2)C2CC2)CCN1. The van der Waals surface area contributed by atoms with Gasteiger partial charge in [-0.1, -0.05) is 12.1 Å². The Morgan fingerprint density at radius 3 is 2.71 bits per heavy atom. The van der Waals surface area contributed by atoms with Crippen molar-refractivity contribution in [1.29, 1.82) is 0 Å². The minimum Gasteiger partial charge on any atom is -0.353 e. The highest BCUT2D eigenvalue weighted by molar-refractivity contribution is 5.85. The summed E-state index contributed by atoms with van der Waals surface area (Å²) in [5.41, 5.74) is -0.278. The third-order valence-electron chi connectivity index (χ3n) is 4.27. The van der Waals surface area contributed by atoms with E-state index in [1.54, 1.807) is 6.07 Å². The highest BCUT2D eigenvalue weighted by Crippen LogP contribution is 2.42. The van der Waals surface area contributed by atoms with Gasteiger partial charge in [-0.3, -0.25) is 4.79 Å². The number of amides is 3. The second kappa shape index (κ2) is 6.33. The van der Waals surface area contributed by atoms with Gasteiger partial charge in [0.05, 0.1) is 11.6 Å². The minimum atomic E-state index is -4.42. The molecule has 8 heteroatoms. The Labute approximate surface area is 137 Å². The molecule has 2 N–H and O–H groups in total. The fourth-order valence-corrected chi connectivity index (χ4v) is 2.85. The van der Waals surface area contributed by atoms with Crippen LogP contribution in [0.2, 0.25) is 0 Å². The first-order valence-electron chi connectivity index (χ1n) is 7.84. The summed E-state index contributed by atoms with van der Waals surface area (Å²) in [5, 5.41) is 5.43. The summed E-state index contributed by atoms with van der Waals surface area (Å²) in [6, 6.07) is 4.18. The van der Waals surface area contributed by atoms with Crippen LogP contribution in [0.5, 0.6) is 0 Å². The van der Waals surface area contributed by atoms with Crippen LogP contribution in [0.3, 0.4) is 0 Å². The first kappa shape index (κ1) is 16.6. The van der Waals surface area contributed by atoms with Crippen molar-refractivity contribution in [2.24, 2.45) is 5.92 Å². The standard InChI is InChI=1S/C16H18F3N3O2/c17-16(18,19)12-3-1-2-11(8-12)14(10-4-5-10)21-15(24)22-7-6-20-13(23)9-22/h1-3,8,10,14H,4-7,9H2,(H,20,23)(H,21,24)/t14-/m0/s1. The lowest BCUT2D eigenvalue weighted by molar-refractivity contribution is -0.137. The molecule has 24 heavy (non-hydrogen) atoms. The van der Waals surface area contributed by atoms with E-state index in [2.05, 4.69) is 10.6 Å². The average molecular weight is 341 g/mol. The van der Waals surface area contributed by atoms with Crippen molar-refractivity contribution in [1.82, 2.24) is 15.5 Å². The van der Waals surface area contributed by atoms with Crippen molar-refractivity contribution in [2.45, 2.75) is 25.1 Å². The van der Waals surface area contributed by atoms with Crippen molar-refractivity contribution in [3.8, 4) is 0 Å². The summed E-state index contributed by atoms with van der Waals surface area (Å²) in [6.45, 7) is 0.729. The normalized spacial score (nSPS) is 19.6. The Balaban J connectivity index is 1.76. The van der Waals surface area contributed by atoms with Crippen LogP contribution in [0.1, 0.15) is 30.0 Å². The van der Waals surface area contributed by atoms with Gasteiger partial charge in [0, 0.05) is 13.1 Å². The molecule has 3 amide bonds. The Kier molecular flexibility index (Phi) is 4.38. The van der Waals surface area contributed by atoms with Crippen LogP contribution < -0.4 is 10.6 Å². The van der Waals surface area contributed by atoms with Crippen LogP contribution >= 0.6 is 0 Å². The zero-order valence-electron chi connectivity index (χ0n) is 12.9. The monoisotopic (exact) mass is 341 g/mol. The number of hydrogen-bond acceptors (Lipinski definition) is 2. The molecule has 1 aliphatic carbocycles. The van der Waals surface area contributed by atoms with Crippen molar-refractivity contribution < 1.29 is 22.8 Å². The highest BCUT2D eigenvalue weighted by atomic mass is 19.4. The molecular weight excluding hydrogens is 323 g/mol. The van der Waals surface area contributed by atoms with Gasteiger partial charge in [0.2, 0.25) is 5.91 Å². The molecule has 1 atom stereocenters. The van der Waals surface area contributed by atoms with Gasteiger partial charge in [0.15, 0.2) is 0 Å². The molecule has 2 fully saturated rings. The van der Waals surface area contributed by atoms with Crippen LogP contribution in [0.4, 0.5) is 18.0 Å². The maximum absolute atomic E-state index is 12.9. The number of rotatable bonds is 3. The smallest absolute Gasteiger partial charge is 0.353 e. The molecule has 1 saturated heterocycles. The first-order chi connectivity index (χ1) is 11.3. The third kappa shape index (κ3) is 3.80. The molecule has 1 saturated carbocycles. The van der Waals surface area contributed by atoms with Crippen LogP contribution in [0.15, 0.2) is 24.3 Å². The van der Waals surface area contributed by atoms with Crippen LogP contribution in [0.25, 0.3) is 0 Å². The lowest BCUT2D eigenvalue weighted by Gasteiger charge is -2.29. The molecule has 130 valence electrons. The summed E-state index contributed by atoms with van der Waals surface area (Å²) in [5.74, 6) is -0.102. The van der Waals surface area contributed by atoms with Crippen LogP contribution in [-0.4, -0.2) is 36.5 Å². The number of benzene rings is 1. The molecule has 0 spiro atoms. The zero-order chi connectivity index (χ0) is 17.3. The van der Waals surface area contributed by atoms with E-state index in [1.165, 1.54) is 11.0 Å². The minimum absolute atomic E-state index is 0.0359. The summed E-state index contributed by atoms with van der Waals surface area (Å²) >= 11 is 0. The predicted octanol–water partition coefficient (Wildman–Crippen LogP) is 2.30. The van der Waals surface area contributed by atoms with Crippen LogP contribution in [0, 0.1) is 5.92 Å². The number of halogens is 3. The van der Waals surface area contributed by atoms with E-state index < -0.39 is 23.8 Å². The number of alkyl halides is 3. The van der Waals surface area contributed by atoms with Gasteiger partial charge in [0.1, 0.15) is 6.54 Å². The van der Waals surface area contributed by atoms with E-state index in [-0.39, 0.29) is 18.4 Å². The van der Waals surface area contributed by atoms with Crippen molar-refractivity contribution in [2.75, 3.05) is 19.6 Å². The van der Waals surface area contributed by atoms with E-state index in [0.717, 1.165) is 25.0 Å². The molecule has 1 aliphatic heterocycles. The van der Waals surface area contributed by atoms with Crippen LogP contribution in [-0.2, 0) is 11.0 Å². The number of carbonyl (C=O) groups is 2. The Hall–Kier alpha value is -2.25. The largest absolute Gasteiger partial charge is 0.416 e. The number of nitrogens with one attached hydrogen (secondary N) is 2. The molecule has 3 rings (SSSR count). The van der Waals surface area contributed by atoms with Gasteiger partial charge in [-0.15, -0.1) is 0 Å². The van der Waals surface area contributed by atoms with E-state index in [4.69, 9.17) is 0 Å². The highest BCUT2D eigenvalue weighted by Gasteiger charge is 2.37. The summed E-state index contributed by atoms with van der Waals surface area (Å²) < 4.78 is 38.7. The van der Waals surface area contributed by atoms with E-state index in [9.17, 15) is 22.8 Å². The second-order valence-corrected chi connectivity index (χ2v) is 6.16. The molecule has 5 nitrogen and oxygen atoms in total. The molecule has 2 aliphatic rings. The Morgan fingerprint density at radius 1 is 1.33 bits per heavy atom. The van der Waals surface area contributed by atoms with Gasteiger partial charge in [-0.05, 0) is 36.5 Å². The molecular formula is C16H18F3N3O2. The third-order valence-corrected chi connectivity index (χ3v) is 4.27. The Morgan fingerprint density at radius 2 is 2.08 bits per heavy atom. The van der Waals surface area contributed by atoms with E-state index >= 15 is 0 Å². The molecule has 0 aromatic heterocycles. The molecule has 0 unspecified atom stereocenters. The fourth-order valence-electron chi connectivity index (χ4n) is 2.85. The van der Waals surface area contributed by atoms with Crippen molar-refractivity contribution in [3.63, 3.8) is 0 Å². The second-order valence-electron chi connectivity index (χ2n) is 6.16. The maximum Gasteiger partial charge on any atom is 0.416 e. The summed E-state index contributed by atoms with van der Waals surface area (Å²) in [6.07, 6.45) is -2.69. The average Bonchev–Trinajstić information content (AvgIpc) is 3.36. The van der Waals surface area contributed by atoms with Gasteiger partial charge < -0.3 is 15.5 Å². The molecule has 0 radical (unpaired) electrons. The first-order valence-corrected chi connectivity index (χ1v) is 7.84. The number of piperazine rings is 1. The van der Waals surface area contributed by atoms with Crippen molar-refractivity contribution in [3.05, 3.63) is 35.4 Å². The molecule has 0 bridgehead atoms. The summed E-state index contributed by atoms with van der Waals surface area (Å²) in [4.78, 5) is 25.1. The quantitative estimate of drug-likeness (QED) is 0.886. The summed E-state index contributed by atoms with van der Waals surface area (Å²) in [7, 11) is 0. The van der Waals surface area contributed by atoms with Crippen molar-refractivity contribution >= 4 is 11.9 Å². The lowest BCUT2D eigenvalue weighted by atomic mass is 10.00. The van der Waals surface area contributed by atoms with E-state index in [0.29, 0.717) is 18.7 Å². The maximum atomic E-state index is 12.9. The number of nitrogens with zero attached hydrogens (tertiary/aromatic N) is 1.